The average molecular weight is 393 g/mol. The number of hydrogen-bond acceptors (Lipinski definition) is 3. The van der Waals surface area contributed by atoms with Crippen LogP contribution in [0.3, 0.4) is 0 Å². The highest BCUT2D eigenvalue weighted by atomic mass is 127. The number of nitrogens with zero attached hydrogens (tertiary/aromatic N) is 2. The maximum Gasteiger partial charge on any atom is 0.171 e. The Morgan fingerprint density at radius 2 is 2.06 bits per heavy atom. The number of aryl methyl sites for hydroxylation is 2. The van der Waals surface area contributed by atoms with E-state index in [9.17, 15) is 0 Å². The van der Waals surface area contributed by atoms with Gasteiger partial charge in [0.05, 0.1) is 14.1 Å². The molecule has 0 aliphatic heterocycles. The number of hydrogen-bond donors (Lipinski definition) is 0. The normalized spacial score (nSPS) is 10.9. The summed E-state index contributed by atoms with van der Waals surface area (Å²) in [7, 11) is 0. The van der Waals surface area contributed by atoms with E-state index in [0.717, 1.165) is 39.2 Å². The summed E-state index contributed by atoms with van der Waals surface area (Å²) >= 11 is 10.2. The van der Waals surface area contributed by atoms with Gasteiger partial charge in [-0.25, -0.2) is 9.97 Å². The zero-order valence-corrected chi connectivity index (χ0v) is 14.1. The summed E-state index contributed by atoms with van der Waals surface area (Å²) in [5.41, 5.74) is 1.06. The summed E-state index contributed by atoms with van der Waals surface area (Å²) in [6.45, 7) is 4.30. The van der Waals surface area contributed by atoms with Gasteiger partial charge in [-0.15, -0.1) is 11.3 Å². The van der Waals surface area contributed by atoms with Crippen molar-refractivity contribution in [3.8, 4) is 10.7 Å². The summed E-state index contributed by atoms with van der Waals surface area (Å²) in [6.07, 6.45) is 3.05. The number of halogens is 2. The highest BCUT2D eigenvalue weighted by Crippen LogP contribution is 2.29. The molecule has 2 nitrogen and oxygen atoms in total. The summed E-state index contributed by atoms with van der Waals surface area (Å²) in [5.74, 6) is 0.758. The Morgan fingerprint density at radius 3 is 2.67 bits per heavy atom. The third-order valence-corrected chi connectivity index (χ3v) is 5.55. The Balaban J connectivity index is 2.44. The van der Waals surface area contributed by atoms with E-state index in [2.05, 4.69) is 58.5 Å². The Labute approximate surface area is 130 Å². The van der Waals surface area contributed by atoms with Gasteiger partial charge in [-0.05, 0) is 47.6 Å². The summed E-state index contributed by atoms with van der Waals surface area (Å²) in [4.78, 5) is 11.5. The van der Waals surface area contributed by atoms with Crippen LogP contribution >= 0.6 is 45.5 Å². The second-order valence-electron chi connectivity index (χ2n) is 3.97. The fourth-order valence-electron chi connectivity index (χ4n) is 1.66. The van der Waals surface area contributed by atoms with Crippen molar-refractivity contribution in [2.75, 3.05) is 0 Å². The van der Waals surface area contributed by atoms with Crippen molar-refractivity contribution in [2.45, 2.75) is 33.1 Å². The van der Waals surface area contributed by atoms with Crippen LogP contribution in [0.15, 0.2) is 12.1 Å². The van der Waals surface area contributed by atoms with Crippen LogP contribution in [0.4, 0.5) is 0 Å². The van der Waals surface area contributed by atoms with Gasteiger partial charge in [0.2, 0.25) is 0 Å². The maximum absolute atomic E-state index is 6.19. The van der Waals surface area contributed by atoms with E-state index >= 15 is 0 Å². The molecule has 2 heterocycles. The van der Waals surface area contributed by atoms with Gasteiger partial charge >= 0.3 is 0 Å². The predicted molar refractivity (Wildman–Crippen MR) is 86.4 cm³/mol. The lowest BCUT2D eigenvalue weighted by Crippen LogP contribution is -1.99. The molecule has 0 bridgehead atoms. The van der Waals surface area contributed by atoms with Gasteiger partial charge in [0.1, 0.15) is 5.15 Å². The van der Waals surface area contributed by atoms with Gasteiger partial charge < -0.3 is 0 Å². The SMILES string of the molecule is CCCc1nc(-c2ccc(CC)s2)nc(Cl)c1I. The quantitative estimate of drug-likeness (QED) is 0.542. The van der Waals surface area contributed by atoms with Gasteiger partial charge in [-0.1, -0.05) is 31.9 Å². The zero-order chi connectivity index (χ0) is 13.1. The van der Waals surface area contributed by atoms with Gasteiger partial charge in [-0.3, -0.25) is 0 Å². The molecular formula is C13H14ClIN2S. The van der Waals surface area contributed by atoms with Gasteiger partial charge in [0.25, 0.3) is 0 Å². The van der Waals surface area contributed by atoms with Crippen molar-refractivity contribution in [3.05, 3.63) is 31.4 Å². The molecule has 96 valence electrons. The molecule has 0 saturated carbocycles. The van der Waals surface area contributed by atoms with Crippen LogP contribution in [0.1, 0.15) is 30.8 Å². The van der Waals surface area contributed by atoms with E-state index in [1.807, 2.05) is 0 Å². The van der Waals surface area contributed by atoms with E-state index in [1.54, 1.807) is 11.3 Å². The van der Waals surface area contributed by atoms with Gasteiger partial charge in [0.15, 0.2) is 5.82 Å². The minimum absolute atomic E-state index is 0.565. The Kier molecular flexibility index (Phi) is 4.98. The van der Waals surface area contributed by atoms with Crippen LogP contribution in [-0.2, 0) is 12.8 Å². The molecule has 0 saturated heterocycles. The van der Waals surface area contributed by atoms with Crippen LogP contribution in [-0.4, -0.2) is 9.97 Å². The first-order valence-corrected chi connectivity index (χ1v) is 8.24. The van der Waals surface area contributed by atoms with Crippen LogP contribution in [0.5, 0.6) is 0 Å². The van der Waals surface area contributed by atoms with E-state index in [1.165, 1.54) is 4.88 Å². The minimum Gasteiger partial charge on any atom is -0.231 e. The molecule has 18 heavy (non-hydrogen) atoms. The molecule has 2 aromatic rings. The van der Waals surface area contributed by atoms with Crippen molar-refractivity contribution in [1.29, 1.82) is 0 Å². The fraction of sp³-hybridized carbons (Fsp3) is 0.385. The van der Waals surface area contributed by atoms with E-state index < -0.39 is 0 Å². The highest BCUT2D eigenvalue weighted by Gasteiger charge is 2.12. The van der Waals surface area contributed by atoms with Crippen LogP contribution in [0.2, 0.25) is 5.15 Å². The Hall–Kier alpha value is -0.200. The molecule has 0 atom stereocenters. The molecule has 0 N–H and O–H groups in total. The Morgan fingerprint density at radius 1 is 1.28 bits per heavy atom. The highest BCUT2D eigenvalue weighted by molar-refractivity contribution is 14.1. The van der Waals surface area contributed by atoms with Crippen LogP contribution in [0, 0.1) is 3.57 Å². The molecule has 2 rings (SSSR count). The maximum atomic E-state index is 6.19. The molecule has 0 unspecified atom stereocenters. The second-order valence-corrected chi connectivity index (χ2v) is 6.57. The smallest absolute Gasteiger partial charge is 0.171 e. The molecule has 0 amide bonds. The first-order chi connectivity index (χ1) is 8.65. The predicted octanol–water partition coefficient (Wildman–Crippen LogP) is 4.98. The van der Waals surface area contributed by atoms with E-state index in [0.29, 0.717) is 5.15 Å². The molecule has 0 aliphatic carbocycles. The van der Waals surface area contributed by atoms with Gasteiger partial charge in [-0.2, -0.15) is 0 Å². The number of thiophene rings is 1. The summed E-state index contributed by atoms with van der Waals surface area (Å²) < 4.78 is 0.979. The van der Waals surface area contributed by atoms with E-state index in [-0.39, 0.29) is 0 Å². The second kappa shape index (κ2) is 6.30. The summed E-state index contributed by atoms with van der Waals surface area (Å²) in [5, 5.41) is 0.565. The van der Waals surface area contributed by atoms with Crippen molar-refractivity contribution in [1.82, 2.24) is 9.97 Å². The standard InChI is InChI=1S/C13H14ClIN2S/c1-3-5-9-11(15)12(14)17-13(16-9)10-7-6-8(4-2)18-10/h6-7H,3-5H2,1-2H3. The molecule has 0 radical (unpaired) electrons. The van der Waals surface area contributed by atoms with Crippen LogP contribution in [0.25, 0.3) is 10.7 Å². The van der Waals surface area contributed by atoms with Crippen molar-refractivity contribution in [2.24, 2.45) is 0 Å². The molecule has 2 aromatic heterocycles. The lowest BCUT2D eigenvalue weighted by atomic mass is 10.2. The molecule has 0 spiro atoms. The molecule has 0 fully saturated rings. The average Bonchev–Trinajstić information content (AvgIpc) is 2.83. The van der Waals surface area contributed by atoms with Crippen molar-refractivity contribution in [3.63, 3.8) is 0 Å². The van der Waals surface area contributed by atoms with Crippen LogP contribution < -0.4 is 0 Å². The Bertz CT molecular complexity index is 554. The molecule has 0 aliphatic rings. The molecular weight excluding hydrogens is 379 g/mol. The monoisotopic (exact) mass is 392 g/mol. The van der Waals surface area contributed by atoms with Crippen molar-refractivity contribution < 1.29 is 0 Å². The topological polar surface area (TPSA) is 25.8 Å². The first-order valence-electron chi connectivity index (χ1n) is 5.96. The molecule has 5 heteroatoms. The van der Waals surface area contributed by atoms with E-state index in [4.69, 9.17) is 11.6 Å². The lowest BCUT2D eigenvalue weighted by molar-refractivity contribution is 0.868. The lowest BCUT2D eigenvalue weighted by Gasteiger charge is -2.06. The molecule has 0 aromatic carbocycles. The number of aromatic nitrogens is 2. The zero-order valence-electron chi connectivity index (χ0n) is 10.3. The summed E-state index contributed by atoms with van der Waals surface area (Å²) in [6, 6.07) is 4.21. The third-order valence-electron chi connectivity index (χ3n) is 2.60. The largest absolute Gasteiger partial charge is 0.231 e. The third kappa shape index (κ3) is 3.03. The van der Waals surface area contributed by atoms with Crippen molar-refractivity contribution >= 4 is 45.5 Å². The fourth-order valence-corrected chi connectivity index (χ4v) is 3.25. The minimum atomic E-state index is 0.565. The van der Waals surface area contributed by atoms with Gasteiger partial charge in [0, 0.05) is 4.88 Å². The first kappa shape index (κ1) is 14.2. The number of rotatable bonds is 4.